The van der Waals surface area contributed by atoms with Crippen LogP contribution >= 0.6 is 22.6 Å². The molecule has 0 amide bonds. The molecule has 0 aromatic rings. The standard InChI is InChI=1S/C10H17IO2/c11-9-6-12-7-10(9)13-5-1-2-8-3-4-8/h8-10H,1-7H2. The summed E-state index contributed by atoms with van der Waals surface area (Å²) in [5.41, 5.74) is 0. The summed E-state index contributed by atoms with van der Waals surface area (Å²) in [6.07, 6.45) is 5.90. The van der Waals surface area contributed by atoms with Crippen LogP contribution in [0.15, 0.2) is 0 Å². The third-order valence-corrected chi connectivity index (χ3v) is 3.91. The molecule has 13 heavy (non-hydrogen) atoms. The Morgan fingerprint density at radius 3 is 2.77 bits per heavy atom. The van der Waals surface area contributed by atoms with Crippen molar-refractivity contribution < 1.29 is 9.47 Å². The van der Waals surface area contributed by atoms with Crippen molar-refractivity contribution in [2.24, 2.45) is 5.92 Å². The van der Waals surface area contributed by atoms with Crippen LogP contribution in [0.1, 0.15) is 25.7 Å². The Morgan fingerprint density at radius 2 is 2.15 bits per heavy atom. The topological polar surface area (TPSA) is 18.5 Å². The SMILES string of the molecule is IC1COCC1OCCCC1CC1. The summed E-state index contributed by atoms with van der Waals surface area (Å²) >= 11 is 2.42. The third kappa shape index (κ3) is 3.36. The van der Waals surface area contributed by atoms with Gasteiger partial charge in [-0.15, -0.1) is 0 Å². The van der Waals surface area contributed by atoms with Gasteiger partial charge in [0, 0.05) is 6.61 Å². The molecule has 2 atom stereocenters. The summed E-state index contributed by atoms with van der Waals surface area (Å²) in [6, 6.07) is 0. The molecule has 2 aliphatic rings. The molecule has 0 aromatic heterocycles. The lowest BCUT2D eigenvalue weighted by atomic mass is 10.2. The highest BCUT2D eigenvalue weighted by Gasteiger charge is 2.26. The smallest absolute Gasteiger partial charge is 0.0948 e. The van der Waals surface area contributed by atoms with Crippen molar-refractivity contribution in [3.05, 3.63) is 0 Å². The Labute approximate surface area is 93.5 Å². The van der Waals surface area contributed by atoms with E-state index in [1.807, 2.05) is 0 Å². The van der Waals surface area contributed by atoms with Crippen molar-refractivity contribution in [2.45, 2.75) is 35.7 Å². The minimum absolute atomic E-state index is 0.361. The Morgan fingerprint density at radius 1 is 1.31 bits per heavy atom. The lowest BCUT2D eigenvalue weighted by molar-refractivity contribution is 0.0430. The second-order valence-corrected chi connectivity index (χ2v) is 5.65. The second-order valence-electron chi connectivity index (χ2n) is 4.05. The second kappa shape index (κ2) is 4.94. The fourth-order valence-electron chi connectivity index (χ4n) is 1.67. The van der Waals surface area contributed by atoms with Gasteiger partial charge in [-0.1, -0.05) is 35.4 Å². The van der Waals surface area contributed by atoms with Crippen LogP contribution in [0.3, 0.4) is 0 Å². The summed E-state index contributed by atoms with van der Waals surface area (Å²) in [5.74, 6) is 1.04. The minimum atomic E-state index is 0.361. The third-order valence-electron chi connectivity index (χ3n) is 2.75. The molecule has 1 aliphatic heterocycles. The highest BCUT2D eigenvalue weighted by molar-refractivity contribution is 14.1. The number of ether oxygens (including phenoxy) is 2. The lowest BCUT2D eigenvalue weighted by Gasteiger charge is -2.12. The maximum Gasteiger partial charge on any atom is 0.0948 e. The number of halogens is 1. The van der Waals surface area contributed by atoms with Crippen LogP contribution in [0.5, 0.6) is 0 Å². The maximum absolute atomic E-state index is 5.76. The van der Waals surface area contributed by atoms with Crippen LogP contribution in [-0.4, -0.2) is 29.8 Å². The Kier molecular flexibility index (Phi) is 3.86. The van der Waals surface area contributed by atoms with E-state index in [1.165, 1.54) is 25.7 Å². The highest BCUT2D eigenvalue weighted by atomic mass is 127. The van der Waals surface area contributed by atoms with E-state index >= 15 is 0 Å². The molecule has 3 heteroatoms. The first-order valence-electron chi connectivity index (χ1n) is 5.19. The van der Waals surface area contributed by atoms with Gasteiger partial charge in [0.25, 0.3) is 0 Å². The van der Waals surface area contributed by atoms with Gasteiger partial charge in [-0.25, -0.2) is 0 Å². The zero-order valence-corrected chi connectivity index (χ0v) is 10.0. The van der Waals surface area contributed by atoms with Gasteiger partial charge in [0.2, 0.25) is 0 Å². The molecule has 1 saturated heterocycles. The zero-order chi connectivity index (χ0) is 9.10. The Balaban J connectivity index is 1.51. The molecule has 1 saturated carbocycles. The monoisotopic (exact) mass is 296 g/mol. The first-order chi connectivity index (χ1) is 6.36. The molecule has 0 aromatic carbocycles. The molecule has 1 heterocycles. The van der Waals surface area contributed by atoms with Crippen molar-refractivity contribution in [2.75, 3.05) is 19.8 Å². The summed E-state index contributed by atoms with van der Waals surface area (Å²) in [5, 5.41) is 0. The molecular formula is C10H17IO2. The molecule has 0 spiro atoms. The number of rotatable bonds is 5. The van der Waals surface area contributed by atoms with E-state index in [4.69, 9.17) is 9.47 Å². The van der Waals surface area contributed by atoms with Gasteiger partial charge < -0.3 is 9.47 Å². The number of hydrogen-bond acceptors (Lipinski definition) is 2. The minimum Gasteiger partial charge on any atom is -0.378 e. The van der Waals surface area contributed by atoms with Gasteiger partial charge >= 0.3 is 0 Å². The van der Waals surface area contributed by atoms with Crippen molar-refractivity contribution in [1.82, 2.24) is 0 Å². The predicted molar refractivity (Wildman–Crippen MR) is 60.3 cm³/mol. The highest BCUT2D eigenvalue weighted by Crippen LogP contribution is 2.33. The molecular weight excluding hydrogens is 279 g/mol. The van der Waals surface area contributed by atoms with E-state index in [9.17, 15) is 0 Å². The molecule has 0 bridgehead atoms. The van der Waals surface area contributed by atoms with Crippen LogP contribution in [-0.2, 0) is 9.47 Å². The zero-order valence-electron chi connectivity index (χ0n) is 7.88. The van der Waals surface area contributed by atoms with Gasteiger partial charge in [0.1, 0.15) is 0 Å². The Bertz CT molecular complexity index is 159. The fraction of sp³-hybridized carbons (Fsp3) is 1.00. The van der Waals surface area contributed by atoms with E-state index in [2.05, 4.69) is 22.6 Å². The molecule has 2 fully saturated rings. The molecule has 0 N–H and O–H groups in total. The van der Waals surface area contributed by atoms with Crippen LogP contribution in [0, 0.1) is 5.92 Å². The summed E-state index contributed by atoms with van der Waals surface area (Å²) in [4.78, 5) is 0. The van der Waals surface area contributed by atoms with E-state index < -0.39 is 0 Å². The van der Waals surface area contributed by atoms with Crippen LogP contribution in [0.2, 0.25) is 0 Å². The summed E-state index contributed by atoms with van der Waals surface area (Å²) < 4.78 is 11.7. The molecule has 2 nitrogen and oxygen atoms in total. The molecule has 0 radical (unpaired) electrons. The van der Waals surface area contributed by atoms with Gasteiger partial charge in [-0.05, 0) is 18.8 Å². The van der Waals surface area contributed by atoms with Crippen molar-refractivity contribution in [3.8, 4) is 0 Å². The van der Waals surface area contributed by atoms with E-state index in [1.54, 1.807) is 0 Å². The number of alkyl halides is 1. The van der Waals surface area contributed by atoms with E-state index in [0.29, 0.717) is 10.0 Å². The van der Waals surface area contributed by atoms with Gasteiger partial charge in [-0.3, -0.25) is 0 Å². The van der Waals surface area contributed by atoms with E-state index in [-0.39, 0.29) is 0 Å². The largest absolute Gasteiger partial charge is 0.378 e. The normalized spacial score (nSPS) is 33.9. The molecule has 76 valence electrons. The lowest BCUT2D eigenvalue weighted by Crippen LogP contribution is -2.22. The van der Waals surface area contributed by atoms with Crippen molar-refractivity contribution in [1.29, 1.82) is 0 Å². The van der Waals surface area contributed by atoms with Crippen molar-refractivity contribution in [3.63, 3.8) is 0 Å². The maximum atomic E-state index is 5.76. The van der Waals surface area contributed by atoms with Crippen molar-refractivity contribution >= 4 is 22.6 Å². The molecule has 1 aliphatic carbocycles. The van der Waals surface area contributed by atoms with Crippen LogP contribution in [0.4, 0.5) is 0 Å². The van der Waals surface area contributed by atoms with Gasteiger partial charge in [0.15, 0.2) is 0 Å². The predicted octanol–water partition coefficient (Wildman–Crippen LogP) is 2.40. The number of hydrogen-bond donors (Lipinski definition) is 0. The summed E-state index contributed by atoms with van der Waals surface area (Å²) in [7, 11) is 0. The fourth-order valence-corrected chi connectivity index (χ4v) is 2.34. The average molecular weight is 296 g/mol. The molecule has 2 rings (SSSR count). The first kappa shape index (κ1) is 10.2. The molecule has 2 unspecified atom stereocenters. The van der Waals surface area contributed by atoms with E-state index in [0.717, 1.165) is 25.7 Å². The van der Waals surface area contributed by atoms with Gasteiger partial charge in [0.05, 0.1) is 23.2 Å². The quantitative estimate of drug-likeness (QED) is 0.440. The average Bonchev–Trinajstić information content (AvgIpc) is 2.86. The summed E-state index contributed by atoms with van der Waals surface area (Å²) in [6.45, 7) is 2.61. The van der Waals surface area contributed by atoms with Crippen LogP contribution in [0.25, 0.3) is 0 Å². The van der Waals surface area contributed by atoms with Gasteiger partial charge in [-0.2, -0.15) is 0 Å². The first-order valence-corrected chi connectivity index (χ1v) is 6.44. The van der Waals surface area contributed by atoms with Crippen LogP contribution < -0.4 is 0 Å². The Hall–Kier alpha value is 0.650.